The normalized spacial score (nSPS) is 11.1. The minimum atomic E-state index is -0.301. The molecule has 34 heavy (non-hydrogen) atoms. The summed E-state index contributed by atoms with van der Waals surface area (Å²) in [6.07, 6.45) is 1.56. The minimum Gasteiger partial charge on any atom is -0.494 e. The Hall–Kier alpha value is -3.91. The van der Waals surface area contributed by atoms with Gasteiger partial charge in [-0.3, -0.25) is 14.2 Å². The van der Waals surface area contributed by atoms with E-state index in [9.17, 15) is 9.59 Å². The molecule has 0 saturated carbocycles. The molecule has 7 nitrogen and oxygen atoms in total. The lowest BCUT2D eigenvalue weighted by Crippen LogP contribution is -2.24. The molecule has 172 valence electrons. The number of fused-ring (bicyclic) bond motifs is 1. The maximum atomic E-state index is 13.2. The molecule has 0 aliphatic heterocycles. The molecule has 1 N–H and O–H groups in total. The van der Waals surface area contributed by atoms with E-state index in [1.807, 2.05) is 74.5 Å². The molecule has 0 unspecified atom stereocenters. The fourth-order valence-corrected chi connectivity index (χ4v) is 4.09. The first-order valence-electron chi connectivity index (χ1n) is 10.8. The molecule has 0 aliphatic carbocycles. The number of hydrazone groups is 1. The Morgan fingerprint density at radius 1 is 1.09 bits per heavy atom. The first-order chi connectivity index (χ1) is 16.5. The predicted molar refractivity (Wildman–Crippen MR) is 136 cm³/mol. The van der Waals surface area contributed by atoms with Gasteiger partial charge in [-0.15, -0.1) is 0 Å². The average Bonchev–Trinajstić information content (AvgIpc) is 2.85. The standard InChI is InChI=1S/C26H24N4O3S/c1-3-33-21-14-10-19(11-15-21)16-27-29-24(31)17-34-26-28-23-7-5-4-6-22(23)25(32)30(26)20-12-8-18(2)9-13-20/h4-16H,3,17H2,1-2H3,(H,29,31)/b27-16+. The number of nitrogens with zero attached hydrogens (tertiary/aromatic N) is 3. The van der Waals surface area contributed by atoms with Gasteiger partial charge in [0.05, 0.1) is 35.2 Å². The van der Waals surface area contributed by atoms with E-state index in [-0.39, 0.29) is 17.2 Å². The lowest BCUT2D eigenvalue weighted by atomic mass is 10.2. The van der Waals surface area contributed by atoms with Crippen molar-refractivity contribution in [3.63, 3.8) is 0 Å². The molecule has 0 radical (unpaired) electrons. The van der Waals surface area contributed by atoms with E-state index < -0.39 is 0 Å². The van der Waals surface area contributed by atoms with Crippen LogP contribution in [0, 0.1) is 6.92 Å². The first-order valence-corrected chi connectivity index (χ1v) is 11.8. The average molecular weight is 473 g/mol. The van der Waals surface area contributed by atoms with Crippen molar-refractivity contribution in [3.8, 4) is 11.4 Å². The zero-order chi connectivity index (χ0) is 23.9. The van der Waals surface area contributed by atoms with Gasteiger partial charge in [-0.25, -0.2) is 10.4 Å². The van der Waals surface area contributed by atoms with Gasteiger partial charge in [0.1, 0.15) is 5.75 Å². The lowest BCUT2D eigenvalue weighted by molar-refractivity contribution is -0.118. The second kappa shape index (κ2) is 10.8. The van der Waals surface area contributed by atoms with Crippen LogP contribution in [0.5, 0.6) is 5.75 Å². The Labute approximate surface area is 201 Å². The molecule has 0 fully saturated rings. The van der Waals surface area contributed by atoms with Crippen LogP contribution in [0.25, 0.3) is 16.6 Å². The van der Waals surface area contributed by atoms with E-state index in [0.717, 1.165) is 16.9 Å². The van der Waals surface area contributed by atoms with E-state index in [1.54, 1.807) is 22.9 Å². The second-order valence-electron chi connectivity index (χ2n) is 7.47. The van der Waals surface area contributed by atoms with Gasteiger partial charge >= 0.3 is 0 Å². The van der Waals surface area contributed by atoms with Gasteiger partial charge in [0.15, 0.2) is 5.16 Å². The van der Waals surface area contributed by atoms with Crippen LogP contribution >= 0.6 is 11.8 Å². The number of thioether (sulfide) groups is 1. The zero-order valence-corrected chi connectivity index (χ0v) is 19.7. The molecule has 1 aromatic heterocycles. The number of amides is 1. The number of nitrogens with one attached hydrogen (secondary N) is 1. The second-order valence-corrected chi connectivity index (χ2v) is 8.41. The molecule has 1 amide bonds. The molecule has 0 atom stereocenters. The maximum absolute atomic E-state index is 13.2. The van der Waals surface area contributed by atoms with Crippen LogP contribution < -0.4 is 15.7 Å². The van der Waals surface area contributed by atoms with E-state index in [0.29, 0.717) is 28.4 Å². The van der Waals surface area contributed by atoms with Crippen molar-refractivity contribution in [3.05, 3.63) is 94.3 Å². The third-order valence-corrected chi connectivity index (χ3v) is 5.90. The summed E-state index contributed by atoms with van der Waals surface area (Å²) in [6.45, 7) is 4.51. The molecular weight excluding hydrogens is 448 g/mol. The summed E-state index contributed by atoms with van der Waals surface area (Å²) >= 11 is 1.19. The summed E-state index contributed by atoms with van der Waals surface area (Å²) in [6, 6.07) is 22.2. The molecule has 4 aromatic rings. The number of ether oxygens (including phenoxy) is 1. The summed E-state index contributed by atoms with van der Waals surface area (Å²) < 4.78 is 6.96. The zero-order valence-electron chi connectivity index (χ0n) is 18.9. The number of rotatable bonds is 8. The van der Waals surface area contributed by atoms with Crippen LogP contribution in [0.1, 0.15) is 18.1 Å². The summed E-state index contributed by atoms with van der Waals surface area (Å²) in [5, 5.41) is 4.99. The van der Waals surface area contributed by atoms with E-state index in [2.05, 4.69) is 15.5 Å². The van der Waals surface area contributed by atoms with Gasteiger partial charge in [0.2, 0.25) is 0 Å². The summed E-state index contributed by atoms with van der Waals surface area (Å²) in [4.78, 5) is 30.3. The summed E-state index contributed by atoms with van der Waals surface area (Å²) in [7, 11) is 0. The number of benzene rings is 3. The lowest BCUT2D eigenvalue weighted by Gasteiger charge is -2.13. The van der Waals surface area contributed by atoms with E-state index in [4.69, 9.17) is 4.74 Å². The van der Waals surface area contributed by atoms with Crippen molar-refractivity contribution < 1.29 is 9.53 Å². The van der Waals surface area contributed by atoms with Crippen molar-refractivity contribution in [1.82, 2.24) is 15.0 Å². The van der Waals surface area contributed by atoms with Gasteiger partial charge in [0.25, 0.3) is 11.5 Å². The third kappa shape index (κ3) is 5.52. The molecule has 8 heteroatoms. The predicted octanol–water partition coefficient (Wildman–Crippen LogP) is 4.34. The number of aryl methyl sites for hydroxylation is 1. The Morgan fingerprint density at radius 2 is 1.82 bits per heavy atom. The topological polar surface area (TPSA) is 85.6 Å². The third-order valence-electron chi connectivity index (χ3n) is 4.96. The summed E-state index contributed by atoms with van der Waals surface area (Å²) in [5.74, 6) is 0.532. The van der Waals surface area contributed by atoms with Crippen molar-refractivity contribution in [2.75, 3.05) is 12.4 Å². The highest BCUT2D eigenvalue weighted by Gasteiger charge is 2.14. The van der Waals surface area contributed by atoms with Crippen molar-refractivity contribution >= 4 is 34.8 Å². The van der Waals surface area contributed by atoms with Crippen LogP contribution in [0.3, 0.4) is 0 Å². The quantitative estimate of drug-likeness (QED) is 0.179. The molecule has 0 aliphatic rings. The number of hydrogen-bond donors (Lipinski definition) is 1. The van der Waals surface area contributed by atoms with Crippen LogP contribution in [0.2, 0.25) is 0 Å². The fraction of sp³-hybridized carbons (Fsp3) is 0.154. The first kappa shape index (κ1) is 23.3. The van der Waals surface area contributed by atoms with E-state index in [1.165, 1.54) is 11.8 Å². The van der Waals surface area contributed by atoms with Gasteiger partial charge in [-0.05, 0) is 67.9 Å². The van der Waals surface area contributed by atoms with Crippen LogP contribution in [0.4, 0.5) is 0 Å². The van der Waals surface area contributed by atoms with Gasteiger partial charge in [-0.1, -0.05) is 41.6 Å². The highest BCUT2D eigenvalue weighted by Crippen LogP contribution is 2.21. The molecule has 0 saturated heterocycles. The fourth-order valence-electron chi connectivity index (χ4n) is 3.29. The number of para-hydroxylation sites is 1. The van der Waals surface area contributed by atoms with Gasteiger partial charge < -0.3 is 4.74 Å². The largest absolute Gasteiger partial charge is 0.494 e. The smallest absolute Gasteiger partial charge is 0.266 e. The van der Waals surface area contributed by atoms with Gasteiger partial charge in [-0.2, -0.15) is 5.10 Å². The van der Waals surface area contributed by atoms with Crippen LogP contribution in [-0.4, -0.2) is 34.0 Å². The monoisotopic (exact) mass is 472 g/mol. The molecule has 4 rings (SSSR count). The Kier molecular flexibility index (Phi) is 7.39. The molecule has 0 bridgehead atoms. The van der Waals surface area contributed by atoms with E-state index >= 15 is 0 Å². The summed E-state index contributed by atoms with van der Waals surface area (Å²) in [5.41, 5.74) is 5.56. The van der Waals surface area contributed by atoms with Crippen molar-refractivity contribution in [2.24, 2.45) is 5.10 Å². The number of aromatic nitrogens is 2. The highest BCUT2D eigenvalue weighted by molar-refractivity contribution is 7.99. The highest BCUT2D eigenvalue weighted by atomic mass is 32.2. The number of hydrogen-bond acceptors (Lipinski definition) is 6. The molecule has 1 heterocycles. The molecule has 0 spiro atoms. The SMILES string of the molecule is CCOc1ccc(/C=N/NC(=O)CSc2nc3ccccc3c(=O)n2-c2ccc(C)cc2)cc1. The molecule has 3 aromatic carbocycles. The van der Waals surface area contributed by atoms with Crippen molar-refractivity contribution in [1.29, 1.82) is 0 Å². The van der Waals surface area contributed by atoms with Gasteiger partial charge in [0, 0.05) is 0 Å². The Morgan fingerprint density at radius 3 is 2.56 bits per heavy atom. The van der Waals surface area contributed by atoms with Crippen molar-refractivity contribution in [2.45, 2.75) is 19.0 Å². The maximum Gasteiger partial charge on any atom is 0.266 e. The molecular formula is C26H24N4O3S. The number of carbonyl (C=O) groups excluding carboxylic acids is 1. The minimum absolute atomic E-state index is 0.0528. The Balaban J connectivity index is 1.50. The number of carbonyl (C=O) groups is 1. The van der Waals surface area contributed by atoms with Crippen LogP contribution in [0.15, 0.2) is 87.8 Å². The van der Waals surface area contributed by atoms with Crippen LogP contribution in [-0.2, 0) is 4.79 Å². The Bertz CT molecular complexity index is 1380.